The Hall–Kier alpha value is -1.71. The van der Waals surface area contributed by atoms with Crippen LogP contribution in [0.25, 0.3) is 0 Å². The second kappa shape index (κ2) is 7.45. The SMILES string of the molecule is COc1cccc(F)c1C(=O)NC1COCC1CS(=O)(=O)N(C)C. The van der Waals surface area contributed by atoms with Crippen molar-refractivity contribution < 1.29 is 27.1 Å². The minimum atomic E-state index is -3.43. The predicted octanol–water partition coefficient (Wildman–Crippen LogP) is 0.471. The molecule has 1 aliphatic heterocycles. The van der Waals surface area contributed by atoms with Gasteiger partial charge in [-0.25, -0.2) is 17.1 Å². The van der Waals surface area contributed by atoms with E-state index in [1.165, 1.54) is 33.3 Å². The second-order valence-electron chi connectivity index (χ2n) is 5.76. The third-order valence-corrected chi connectivity index (χ3v) is 5.88. The molecule has 9 heteroatoms. The van der Waals surface area contributed by atoms with Gasteiger partial charge in [0.2, 0.25) is 10.0 Å². The van der Waals surface area contributed by atoms with Crippen molar-refractivity contribution in [3.05, 3.63) is 29.6 Å². The quantitative estimate of drug-likeness (QED) is 0.797. The highest BCUT2D eigenvalue weighted by Crippen LogP contribution is 2.23. The van der Waals surface area contributed by atoms with Crippen molar-refractivity contribution in [1.82, 2.24) is 9.62 Å². The number of ether oxygens (including phenoxy) is 2. The van der Waals surface area contributed by atoms with Crippen LogP contribution in [0.2, 0.25) is 0 Å². The van der Waals surface area contributed by atoms with Crippen molar-refractivity contribution in [3.63, 3.8) is 0 Å². The van der Waals surface area contributed by atoms with Crippen LogP contribution in [0.4, 0.5) is 4.39 Å². The van der Waals surface area contributed by atoms with Crippen LogP contribution < -0.4 is 10.1 Å². The van der Waals surface area contributed by atoms with Gasteiger partial charge in [-0.05, 0) is 12.1 Å². The lowest BCUT2D eigenvalue weighted by Gasteiger charge is -2.21. The van der Waals surface area contributed by atoms with E-state index in [1.807, 2.05) is 0 Å². The van der Waals surface area contributed by atoms with Gasteiger partial charge in [0.15, 0.2) is 0 Å². The summed E-state index contributed by atoms with van der Waals surface area (Å²) in [6, 6.07) is 3.57. The van der Waals surface area contributed by atoms with Gasteiger partial charge in [0.1, 0.15) is 17.1 Å². The molecule has 0 aliphatic carbocycles. The molecule has 7 nitrogen and oxygen atoms in total. The molecule has 1 aromatic rings. The van der Waals surface area contributed by atoms with E-state index in [0.29, 0.717) is 0 Å². The first kappa shape index (κ1) is 18.6. The van der Waals surface area contributed by atoms with Gasteiger partial charge < -0.3 is 14.8 Å². The monoisotopic (exact) mass is 360 g/mol. The van der Waals surface area contributed by atoms with Crippen LogP contribution in [0, 0.1) is 11.7 Å². The number of hydrogen-bond acceptors (Lipinski definition) is 5. The van der Waals surface area contributed by atoms with E-state index in [9.17, 15) is 17.6 Å². The van der Waals surface area contributed by atoms with Crippen LogP contribution in [0.15, 0.2) is 18.2 Å². The first-order valence-corrected chi connectivity index (χ1v) is 8.98. The van der Waals surface area contributed by atoms with E-state index in [-0.39, 0.29) is 30.3 Å². The number of halogens is 1. The highest BCUT2D eigenvalue weighted by atomic mass is 32.2. The maximum atomic E-state index is 14.0. The summed E-state index contributed by atoms with van der Waals surface area (Å²) in [6.45, 7) is 0.391. The predicted molar refractivity (Wildman–Crippen MR) is 86.0 cm³/mol. The Kier molecular flexibility index (Phi) is 5.79. The van der Waals surface area contributed by atoms with Crippen molar-refractivity contribution in [3.8, 4) is 5.75 Å². The molecule has 24 heavy (non-hydrogen) atoms. The van der Waals surface area contributed by atoms with Gasteiger partial charge in [-0.3, -0.25) is 4.79 Å². The number of methoxy groups -OCH3 is 1. The highest BCUT2D eigenvalue weighted by Gasteiger charge is 2.35. The number of amides is 1. The highest BCUT2D eigenvalue weighted by molar-refractivity contribution is 7.89. The van der Waals surface area contributed by atoms with Crippen LogP contribution in [0.1, 0.15) is 10.4 Å². The van der Waals surface area contributed by atoms with Crippen molar-refractivity contribution in [2.24, 2.45) is 5.92 Å². The molecule has 2 rings (SSSR count). The number of rotatable bonds is 6. The molecule has 134 valence electrons. The lowest BCUT2D eigenvalue weighted by Crippen LogP contribution is -2.43. The van der Waals surface area contributed by atoms with Crippen LogP contribution in [0.3, 0.4) is 0 Å². The van der Waals surface area contributed by atoms with Crippen LogP contribution in [-0.2, 0) is 14.8 Å². The number of sulfonamides is 1. The first-order valence-electron chi connectivity index (χ1n) is 7.37. The fourth-order valence-electron chi connectivity index (χ4n) is 2.48. The van der Waals surface area contributed by atoms with Gasteiger partial charge in [-0.2, -0.15) is 0 Å². The third-order valence-electron chi connectivity index (χ3n) is 3.92. The zero-order valence-corrected chi connectivity index (χ0v) is 14.6. The first-order chi connectivity index (χ1) is 11.3. The Morgan fingerprint density at radius 3 is 2.75 bits per heavy atom. The average Bonchev–Trinajstić information content (AvgIpc) is 2.92. The summed E-state index contributed by atoms with van der Waals surface area (Å²) in [6.07, 6.45) is 0. The van der Waals surface area contributed by atoms with Gasteiger partial charge in [-0.15, -0.1) is 0 Å². The summed E-state index contributed by atoms with van der Waals surface area (Å²) in [5, 5.41) is 2.66. The molecule has 1 heterocycles. The molecule has 1 saturated heterocycles. The Morgan fingerprint density at radius 1 is 1.42 bits per heavy atom. The largest absolute Gasteiger partial charge is 0.496 e. The van der Waals surface area contributed by atoms with Gasteiger partial charge in [-0.1, -0.05) is 6.07 Å². The van der Waals surface area contributed by atoms with E-state index >= 15 is 0 Å². The molecule has 0 bridgehead atoms. The van der Waals surface area contributed by atoms with Crippen molar-refractivity contribution >= 4 is 15.9 Å². The fourth-order valence-corrected chi connectivity index (χ4v) is 3.65. The van der Waals surface area contributed by atoms with Gasteiger partial charge >= 0.3 is 0 Å². The minimum Gasteiger partial charge on any atom is -0.496 e. The average molecular weight is 360 g/mol. The lowest BCUT2D eigenvalue weighted by molar-refractivity contribution is 0.0918. The zero-order valence-electron chi connectivity index (χ0n) is 13.8. The molecular weight excluding hydrogens is 339 g/mol. The molecule has 1 fully saturated rings. The number of nitrogens with one attached hydrogen (secondary N) is 1. The Labute approximate surface area is 140 Å². The summed E-state index contributed by atoms with van der Waals surface area (Å²) < 4.78 is 49.4. The normalized spacial score (nSPS) is 21.0. The molecule has 1 aromatic carbocycles. The molecule has 2 unspecified atom stereocenters. The fraction of sp³-hybridized carbons (Fsp3) is 0.533. The number of carbonyl (C=O) groups is 1. The van der Waals surface area contributed by atoms with E-state index in [1.54, 1.807) is 0 Å². The molecule has 2 atom stereocenters. The van der Waals surface area contributed by atoms with Crippen molar-refractivity contribution in [2.75, 3.05) is 40.2 Å². The summed E-state index contributed by atoms with van der Waals surface area (Å²) in [7, 11) is 0.806. The summed E-state index contributed by atoms with van der Waals surface area (Å²) in [5.41, 5.74) is -0.207. The molecule has 0 spiro atoms. The van der Waals surface area contributed by atoms with Gasteiger partial charge in [0.25, 0.3) is 5.91 Å². The Balaban J connectivity index is 2.14. The second-order valence-corrected chi connectivity index (χ2v) is 7.98. The zero-order chi connectivity index (χ0) is 17.9. The maximum Gasteiger partial charge on any atom is 0.258 e. The van der Waals surface area contributed by atoms with Crippen molar-refractivity contribution in [2.45, 2.75) is 6.04 Å². The smallest absolute Gasteiger partial charge is 0.258 e. The molecule has 0 saturated carbocycles. The van der Waals surface area contributed by atoms with E-state index < -0.39 is 33.7 Å². The van der Waals surface area contributed by atoms with E-state index in [4.69, 9.17) is 9.47 Å². The van der Waals surface area contributed by atoms with E-state index in [2.05, 4.69) is 5.32 Å². The molecule has 1 N–H and O–H groups in total. The van der Waals surface area contributed by atoms with Gasteiger partial charge in [0, 0.05) is 20.0 Å². The molecule has 1 amide bonds. The number of carbonyl (C=O) groups excluding carboxylic acids is 1. The molecule has 1 aliphatic rings. The summed E-state index contributed by atoms with van der Waals surface area (Å²) in [4.78, 5) is 12.4. The standard InChI is InChI=1S/C15H21FN2O5S/c1-18(2)24(20,21)9-10-7-23-8-12(10)17-15(19)14-11(16)5-4-6-13(14)22-3/h4-6,10,12H,7-9H2,1-3H3,(H,17,19). The van der Waals surface area contributed by atoms with E-state index in [0.717, 1.165) is 10.4 Å². The molecule has 0 aromatic heterocycles. The van der Waals surface area contributed by atoms with Crippen LogP contribution >= 0.6 is 0 Å². The molecular formula is C15H21FN2O5S. The molecule has 0 radical (unpaired) electrons. The third kappa shape index (κ3) is 4.03. The Bertz CT molecular complexity index is 708. The van der Waals surface area contributed by atoms with Crippen LogP contribution in [-0.4, -0.2) is 64.8 Å². The van der Waals surface area contributed by atoms with Crippen molar-refractivity contribution in [1.29, 1.82) is 0 Å². The summed E-state index contributed by atoms with van der Waals surface area (Å²) >= 11 is 0. The van der Waals surface area contributed by atoms with Crippen LogP contribution in [0.5, 0.6) is 5.75 Å². The number of nitrogens with zero attached hydrogens (tertiary/aromatic N) is 1. The minimum absolute atomic E-state index is 0.115. The maximum absolute atomic E-state index is 14.0. The Morgan fingerprint density at radius 2 is 2.12 bits per heavy atom. The lowest BCUT2D eigenvalue weighted by atomic mass is 10.1. The number of benzene rings is 1. The topological polar surface area (TPSA) is 84.9 Å². The summed E-state index contributed by atoms with van der Waals surface area (Å²) in [5.74, 6) is -1.81. The van der Waals surface area contributed by atoms with Gasteiger partial charge in [0.05, 0.1) is 32.1 Å². The number of hydrogen-bond donors (Lipinski definition) is 1.